The molecule has 100 valence electrons. The van der Waals surface area contributed by atoms with Crippen molar-refractivity contribution in [2.24, 2.45) is 0 Å². The average molecular weight is 278 g/mol. The lowest BCUT2D eigenvalue weighted by molar-refractivity contribution is 0.699. The van der Waals surface area contributed by atoms with E-state index in [1.807, 2.05) is 0 Å². The van der Waals surface area contributed by atoms with Gasteiger partial charge < -0.3 is 5.32 Å². The number of aromatic nitrogens is 4. The number of halogens is 1. The second kappa shape index (κ2) is 5.57. The standard InChI is InChI=1S/C13H16ClN5/c14-9-6-15-13(16-7-9)17-8-12-10-4-2-1-3-5-11(10)18-19-12/h6-7H,1-5,8H2,(H,18,19)(H,15,16,17). The van der Waals surface area contributed by atoms with E-state index < -0.39 is 0 Å². The summed E-state index contributed by atoms with van der Waals surface area (Å²) in [4.78, 5) is 8.23. The van der Waals surface area contributed by atoms with Crippen molar-refractivity contribution < 1.29 is 0 Å². The molecular weight excluding hydrogens is 262 g/mol. The van der Waals surface area contributed by atoms with Gasteiger partial charge in [-0.3, -0.25) is 5.10 Å². The minimum Gasteiger partial charge on any atom is -0.348 e. The summed E-state index contributed by atoms with van der Waals surface area (Å²) in [5, 5.41) is 11.3. The molecule has 2 aromatic heterocycles. The molecule has 0 fully saturated rings. The van der Waals surface area contributed by atoms with Crippen molar-refractivity contribution in [1.29, 1.82) is 0 Å². The molecule has 1 aliphatic carbocycles. The van der Waals surface area contributed by atoms with Crippen LogP contribution in [0.2, 0.25) is 5.02 Å². The van der Waals surface area contributed by atoms with Crippen LogP contribution in [0.4, 0.5) is 5.95 Å². The molecule has 0 spiro atoms. The molecular formula is C13H16ClN5. The van der Waals surface area contributed by atoms with E-state index in [0.717, 1.165) is 18.5 Å². The smallest absolute Gasteiger partial charge is 0.223 e. The molecule has 1 aliphatic rings. The first kappa shape index (κ1) is 12.4. The summed E-state index contributed by atoms with van der Waals surface area (Å²) in [6.45, 7) is 0.646. The number of nitrogens with one attached hydrogen (secondary N) is 2. The summed E-state index contributed by atoms with van der Waals surface area (Å²) in [5.41, 5.74) is 3.75. The molecule has 3 rings (SSSR count). The van der Waals surface area contributed by atoms with Crippen LogP contribution in [0.1, 0.15) is 36.2 Å². The lowest BCUT2D eigenvalue weighted by Gasteiger charge is -2.04. The molecule has 0 aromatic carbocycles. The largest absolute Gasteiger partial charge is 0.348 e. The Labute approximate surface area is 116 Å². The highest BCUT2D eigenvalue weighted by Crippen LogP contribution is 2.22. The minimum absolute atomic E-state index is 0.541. The third kappa shape index (κ3) is 2.87. The normalized spacial score (nSPS) is 14.8. The molecule has 0 unspecified atom stereocenters. The molecule has 6 heteroatoms. The second-order valence-electron chi connectivity index (χ2n) is 4.77. The first-order valence-corrected chi connectivity index (χ1v) is 6.97. The van der Waals surface area contributed by atoms with Crippen molar-refractivity contribution in [3.63, 3.8) is 0 Å². The van der Waals surface area contributed by atoms with Crippen molar-refractivity contribution in [3.05, 3.63) is 34.4 Å². The van der Waals surface area contributed by atoms with Crippen molar-refractivity contribution in [3.8, 4) is 0 Å². The molecule has 2 heterocycles. The highest BCUT2D eigenvalue weighted by Gasteiger charge is 2.15. The van der Waals surface area contributed by atoms with E-state index in [0.29, 0.717) is 17.5 Å². The van der Waals surface area contributed by atoms with Crippen molar-refractivity contribution in [2.45, 2.75) is 38.6 Å². The molecule has 0 bridgehead atoms. The Morgan fingerprint density at radius 1 is 1.16 bits per heavy atom. The fourth-order valence-corrected chi connectivity index (χ4v) is 2.54. The SMILES string of the molecule is Clc1cnc(NCc2n[nH]c3c2CCCCC3)nc1. The van der Waals surface area contributed by atoms with E-state index in [9.17, 15) is 0 Å². The number of hydrogen-bond acceptors (Lipinski definition) is 4. The number of nitrogens with zero attached hydrogens (tertiary/aromatic N) is 3. The zero-order valence-electron chi connectivity index (χ0n) is 10.6. The Balaban J connectivity index is 1.70. The summed E-state index contributed by atoms with van der Waals surface area (Å²) < 4.78 is 0. The quantitative estimate of drug-likeness (QED) is 0.847. The van der Waals surface area contributed by atoms with Crippen LogP contribution in [-0.4, -0.2) is 20.2 Å². The van der Waals surface area contributed by atoms with Gasteiger partial charge in [0.15, 0.2) is 0 Å². The third-order valence-corrected chi connectivity index (χ3v) is 3.62. The van der Waals surface area contributed by atoms with Crippen LogP contribution in [0.3, 0.4) is 0 Å². The Hall–Kier alpha value is -1.62. The summed E-state index contributed by atoms with van der Waals surface area (Å²) in [6, 6.07) is 0. The fraction of sp³-hybridized carbons (Fsp3) is 0.462. The van der Waals surface area contributed by atoms with Gasteiger partial charge in [-0.05, 0) is 31.2 Å². The van der Waals surface area contributed by atoms with Gasteiger partial charge in [0.1, 0.15) is 0 Å². The Morgan fingerprint density at radius 3 is 2.79 bits per heavy atom. The number of H-pyrrole nitrogens is 1. The summed E-state index contributed by atoms with van der Waals surface area (Å²) in [7, 11) is 0. The van der Waals surface area contributed by atoms with Gasteiger partial charge in [0, 0.05) is 5.69 Å². The topological polar surface area (TPSA) is 66.5 Å². The highest BCUT2D eigenvalue weighted by atomic mass is 35.5. The molecule has 0 atom stereocenters. The van der Waals surface area contributed by atoms with E-state index in [1.165, 1.54) is 30.5 Å². The van der Waals surface area contributed by atoms with Gasteiger partial charge in [-0.2, -0.15) is 5.10 Å². The van der Waals surface area contributed by atoms with Crippen LogP contribution in [-0.2, 0) is 19.4 Å². The van der Waals surface area contributed by atoms with Gasteiger partial charge in [-0.1, -0.05) is 18.0 Å². The van der Waals surface area contributed by atoms with Gasteiger partial charge in [0.25, 0.3) is 0 Å². The Morgan fingerprint density at radius 2 is 1.95 bits per heavy atom. The lowest BCUT2D eigenvalue weighted by atomic mass is 10.1. The fourth-order valence-electron chi connectivity index (χ4n) is 2.44. The van der Waals surface area contributed by atoms with Gasteiger partial charge in [0.2, 0.25) is 5.95 Å². The Kier molecular flexibility index (Phi) is 3.64. The number of aryl methyl sites for hydroxylation is 1. The van der Waals surface area contributed by atoms with Crippen molar-refractivity contribution >= 4 is 17.5 Å². The molecule has 2 N–H and O–H groups in total. The lowest BCUT2D eigenvalue weighted by Crippen LogP contribution is -2.05. The summed E-state index contributed by atoms with van der Waals surface area (Å²) >= 11 is 5.75. The van der Waals surface area contributed by atoms with Crippen molar-refractivity contribution in [1.82, 2.24) is 20.2 Å². The number of rotatable bonds is 3. The van der Waals surface area contributed by atoms with E-state index in [1.54, 1.807) is 12.4 Å². The first-order valence-electron chi connectivity index (χ1n) is 6.59. The zero-order chi connectivity index (χ0) is 13.1. The predicted octanol–water partition coefficient (Wildman–Crippen LogP) is 2.73. The predicted molar refractivity (Wildman–Crippen MR) is 74.2 cm³/mol. The van der Waals surface area contributed by atoms with Gasteiger partial charge in [-0.15, -0.1) is 0 Å². The molecule has 0 aliphatic heterocycles. The third-order valence-electron chi connectivity index (χ3n) is 3.43. The van der Waals surface area contributed by atoms with Gasteiger partial charge >= 0.3 is 0 Å². The van der Waals surface area contributed by atoms with E-state index in [2.05, 4.69) is 25.5 Å². The first-order chi connectivity index (χ1) is 9.33. The van der Waals surface area contributed by atoms with Crippen LogP contribution in [0.5, 0.6) is 0 Å². The molecule has 0 amide bonds. The van der Waals surface area contributed by atoms with Crippen molar-refractivity contribution in [2.75, 3.05) is 5.32 Å². The second-order valence-corrected chi connectivity index (χ2v) is 5.20. The monoisotopic (exact) mass is 277 g/mol. The van der Waals surface area contributed by atoms with Crippen LogP contribution in [0.15, 0.2) is 12.4 Å². The minimum atomic E-state index is 0.541. The summed E-state index contributed by atoms with van der Waals surface area (Å²) in [5.74, 6) is 0.578. The number of anilines is 1. The maximum absolute atomic E-state index is 5.75. The molecule has 0 radical (unpaired) electrons. The van der Waals surface area contributed by atoms with Crippen LogP contribution >= 0.6 is 11.6 Å². The van der Waals surface area contributed by atoms with Crippen LogP contribution in [0, 0.1) is 0 Å². The average Bonchev–Trinajstić information content (AvgIpc) is 2.66. The van der Waals surface area contributed by atoms with E-state index in [-0.39, 0.29) is 0 Å². The summed E-state index contributed by atoms with van der Waals surface area (Å²) in [6.07, 6.45) is 9.20. The maximum atomic E-state index is 5.75. The molecule has 0 saturated heterocycles. The number of hydrogen-bond donors (Lipinski definition) is 2. The molecule has 2 aromatic rings. The van der Waals surface area contributed by atoms with Gasteiger partial charge in [-0.25, -0.2) is 9.97 Å². The highest BCUT2D eigenvalue weighted by molar-refractivity contribution is 6.30. The molecule has 0 saturated carbocycles. The molecule has 5 nitrogen and oxygen atoms in total. The zero-order valence-corrected chi connectivity index (χ0v) is 11.4. The van der Waals surface area contributed by atoms with E-state index in [4.69, 9.17) is 11.6 Å². The van der Waals surface area contributed by atoms with Gasteiger partial charge in [0.05, 0.1) is 29.7 Å². The Bertz CT molecular complexity index is 549. The van der Waals surface area contributed by atoms with E-state index >= 15 is 0 Å². The number of fused-ring (bicyclic) bond motifs is 1. The van der Waals surface area contributed by atoms with Crippen LogP contribution in [0.25, 0.3) is 0 Å². The molecule has 19 heavy (non-hydrogen) atoms. The number of aromatic amines is 1. The van der Waals surface area contributed by atoms with Crippen LogP contribution < -0.4 is 5.32 Å². The maximum Gasteiger partial charge on any atom is 0.223 e.